The van der Waals surface area contributed by atoms with Gasteiger partial charge in [-0.05, 0) is 17.7 Å². The number of carbonyl (C=O) groups excluding carboxylic acids is 1. The topological polar surface area (TPSA) is 38.3 Å². The Labute approximate surface area is 117 Å². The van der Waals surface area contributed by atoms with Crippen LogP contribution >= 0.6 is 0 Å². The Morgan fingerprint density at radius 2 is 2.15 bits per heavy atom. The minimum absolute atomic E-state index is 0.00584. The van der Waals surface area contributed by atoms with E-state index in [4.69, 9.17) is 4.74 Å². The number of rotatable bonds is 5. The molecule has 0 aliphatic heterocycles. The lowest BCUT2D eigenvalue weighted by Gasteiger charge is -2.06. The van der Waals surface area contributed by atoms with Crippen molar-refractivity contribution in [2.45, 2.75) is 25.7 Å². The van der Waals surface area contributed by atoms with Crippen LogP contribution in [0.2, 0.25) is 0 Å². The third-order valence-corrected chi connectivity index (χ3v) is 3.68. The number of benzene rings is 1. The van der Waals surface area contributed by atoms with E-state index in [1.165, 1.54) is 7.11 Å². The van der Waals surface area contributed by atoms with Gasteiger partial charge >= 0.3 is 0 Å². The van der Waals surface area contributed by atoms with Gasteiger partial charge in [-0.1, -0.05) is 26.0 Å². The Hall–Kier alpha value is -1.65. The highest BCUT2D eigenvalue weighted by molar-refractivity contribution is 5.77. The van der Waals surface area contributed by atoms with E-state index in [9.17, 15) is 13.6 Å². The quantitative estimate of drug-likeness (QED) is 0.902. The number of alkyl halides is 2. The Bertz CT molecular complexity index is 502. The lowest BCUT2D eigenvalue weighted by molar-refractivity contribution is -0.124. The summed E-state index contributed by atoms with van der Waals surface area (Å²) in [5.41, 5.74) is 0.554. The summed E-state index contributed by atoms with van der Waals surface area (Å²) in [6.45, 7) is 3.48. The lowest BCUT2D eigenvalue weighted by atomic mass is 10.1. The van der Waals surface area contributed by atoms with Crippen molar-refractivity contribution in [3.05, 3.63) is 29.8 Å². The zero-order valence-corrected chi connectivity index (χ0v) is 11.8. The van der Waals surface area contributed by atoms with Crippen LogP contribution in [0.25, 0.3) is 0 Å². The molecule has 0 saturated heterocycles. The number of halogens is 2. The maximum atomic E-state index is 13.8. The second-order valence-electron chi connectivity index (χ2n) is 5.44. The average molecular weight is 283 g/mol. The molecule has 2 atom stereocenters. The van der Waals surface area contributed by atoms with E-state index in [0.717, 1.165) is 0 Å². The molecule has 1 fully saturated rings. The SMILES string of the molecule is COc1cccc(C2C(CNC(=O)C(C)C)C2(F)F)c1. The molecule has 1 aromatic rings. The second-order valence-corrected chi connectivity index (χ2v) is 5.44. The van der Waals surface area contributed by atoms with Crippen molar-refractivity contribution in [2.24, 2.45) is 11.8 Å². The van der Waals surface area contributed by atoms with E-state index in [1.54, 1.807) is 38.1 Å². The average Bonchev–Trinajstić information content (AvgIpc) is 2.97. The van der Waals surface area contributed by atoms with Crippen LogP contribution in [0.5, 0.6) is 5.75 Å². The zero-order chi connectivity index (χ0) is 14.9. The molecule has 1 aliphatic rings. The molecular formula is C15H19F2NO2. The van der Waals surface area contributed by atoms with Crippen LogP contribution in [0.3, 0.4) is 0 Å². The summed E-state index contributed by atoms with van der Waals surface area (Å²) in [4.78, 5) is 11.5. The summed E-state index contributed by atoms with van der Waals surface area (Å²) < 4.78 is 32.7. The molecule has 5 heteroatoms. The standard InChI is InChI=1S/C15H19F2NO2/c1-9(2)14(19)18-8-12-13(15(12,16)17)10-5-4-6-11(7-10)20-3/h4-7,9,12-13H,8H2,1-3H3,(H,18,19). The monoisotopic (exact) mass is 283 g/mol. The minimum Gasteiger partial charge on any atom is -0.497 e. The predicted octanol–water partition coefficient (Wildman–Crippen LogP) is 2.82. The highest BCUT2D eigenvalue weighted by atomic mass is 19.3. The zero-order valence-electron chi connectivity index (χ0n) is 11.8. The number of nitrogens with one attached hydrogen (secondary N) is 1. The van der Waals surface area contributed by atoms with Gasteiger partial charge in [-0.2, -0.15) is 0 Å². The maximum Gasteiger partial charge on any atom is 0.260 e. The lowest BCUT2D eigenvalue weighted by Crippen LogP contribution is -2.30. The fourth-order valence-electron chi connectivity index (χ4n) is 2.35. The number of amides is 1. The summed E-state index contributed by atoms with van der Waals surface area (Å²) in [5.74, 6) is -4.27. The Balaban J connectivity index is 2.04. The number of hydrogen-bond acceptors (Lipinski definition) is 2. The van der Waals surface area contributed by atoms with Crippen LogP contribution in [-0.4, -0.2) is 25.5 Å². The Morgan fingerprint density at radius 3 is 2.75 bits per heavy atom. The summed E-state index contributed by atoms with van der Waals surface area (Å²) in [5, 5.41) is 2.58. The van der Waals surface area contributed by atoms with Crippen molar-refractivity contribution < 1.29 is 18.3 Å². The normalized spacial score (nSPS) is 23.5. The van der Waals surface area contributed by atoms with Crippen molar-refractivity contribution >= 4 is 5.91 Å². The Kier molecular flexibility index (Phi) is 3.97. The van der Waals surface area contributed by atoms with Gasteiger partial charge < -0.3 is 10.1 Å². The number of methoxy groups -OCH3 is 1. The molecule has 0 bridgehead atoms. The van der Waals surface area contributed by atoms with Crippen LogP contribution in [-0.2, 0) is 4.79 Å². The molecule has 1 N–H and O–H groups in total. The molecular weight excluding hydrogens is 264 g/mol. The van der Waals surface area contributed by atoms with Crippen LogP contribution in [0, 0.1) is 11.8 Å². The van der Waals surface area contributed by atoms with Crippen molar-refractivity contribution in [3.63, 3.8) is 0 Å². The number of carbonyl (C=O) groups is 1. The van der Waals surface area contributed by atoms with Gasteiger partial charge in [0.1, 0.15) is 5.75 Å². The van der Waals surface area contributed by atoms with Gasteiger partial charge in [0.2, 0.25) is 5.91 Å². The van der Waals surface area contributed by atoms with Gasteiger partial charge in [-0.15, -0.1) is 0 Å². The largest absolute Gasteiger partial charge is 0.497 e. The van der Waals surface area contributed by atoms with E-state index in [-0.39, 0.29) is 18.4 Å². The fraction of sp³-hybridized carbons (Fsp3) is 0.533. The molecule has 1 saturated carbocycles. The summed E-state index contributed by atoms with van der Waals surface area (Å²) in [6.07, 6.45) is 0. The molecule has 0 radical (unpaired) electrons. The molecule has 0 aromatic heterocycles. The van der Waals surface area contributed by atoms with Gasteiger partial charge in [0, 0.05) is 12.5 Å². The van der Waals surface area contributed by atoms with Crippen molar-refractivity contribution in [3.8, 4) is 5.75 Å². The second kappa shape index (κ2) is 5.38. The van der Waals surface area contributed by atoms with Crippen molar-refractivity contribution in [1.82, 2.24) is 5.32 Å². The van der Waals surface area contributed by atoms with Crippen molar-refractivity contribution in [2.75, 3.05) is 13.7 Å². The molecule has 0 heterocycles. The smallest absolute Gasteiger partial charge is 0.260 e. The first kappa shape index (κ1) is 14.8. The number of hydrogen-bond donors (Lipinski definition) is 1. The van der Waals surface area contributed by atoms with Gasteiger partial charge in [0.05, 0.1) is 18.9 Å². The van der Waals surface area contributed by atoms with E-state index < -0.39 is 17.8 Å². The Morgan fingerprint density at radius 1 is 1.45 bits per heavy atom. The van der Waals surface area contributed by atoms with Gasteiger partial charge in [0.25, 0.3) is 5.92 Å². The van der Waals surface area contributed by atoms with Gasteiger partial charge in [-0.25, -0.2) is 8.78 Å². The van der Waals surface area contributed by atoms with E-state index in [1.807, 2.05) is 0 Å². The third kappa shape index (κ3) is 2.76. The molecule has 2 unspecified atom stereocenters. The van der Waals surface area contributed by atoms with Crippen LogP contribution in [0.4, 0.5) is 8.78 Å². The summed E-state index contributed by atoms with van der Waals surface area (Å²) >= 11 is 0. The molecule has 1 aromatic carbocycles. The highest BCUT2D eigenvalue weighted by Crippen LogP contribution is 2.61. The first-order valence-corrected chi connectivity index (χ1v) is 6.67. The maximum absolute atomic E-state index is 13.8. The summed E-state index contributed by atoms with van der Waals surface area (Å²) in [7, 11) is 1.50. The third-order valence-electron chi connectivity index (χ3n) is 3.68. The molecule has 0 spiro atoms. The van der Waals surface area contributed by atoms with Gasteiger partial charge in [-0.3, -0.25) is 4.79 Å². The highest BCUT2D eigenvalue weighted by Gasteiger charge is 2.68. The number of ether oxygens (including phenoxy) is 1. The van der Waals surface area contributed by atoms with Crippen molar-refractivity contribution in [1.29, 1.82) is 0 Å². The van der Waals surface area contributed by atoms with E-state index in [2.05, 4.69) is 5.32 Å². The van der Waals surface area contributed by atoms with Gasteiger partial charge in [0.15, 0.2) is 0 Å². The van der Waals surface area contributed by atoms with Crippen LogP contribution in [0.1, 0.15) is 25.3 Å². The first-order valence-electron chi connectivity index (χ1n) is 6.67. The van der Waals surface area contributed by atoms with Crippen LogP contribution in [0.15, 0.2) is 24.3 Å². The predicted molar refractivity (Wildman–Crippen MR) is 72.0 cm³/mol. The minimum atomic E-state index is -2.77. The molecule has 1 amide bonds. The summed E-state index contributed by atoms with van der Waals surface area (Å²) in [6, 6.07) is 6.72. The molecule has 3 nitrogen and oxygen atoms in total. The molecule has 110 valence electrons. The first-order chi connectivity index (χ1) is 9.37. The van der Waals surface area contributed by atoms with E-state index >= 15 is 0 Å². The fourth-order valence-corrected chi connectivity index (χ4v) is 2.35. The van der Waals surface area contributed by atoms with Crippen LogP contribution < -0.4 is 10.1 Å². The molecule has 2 rings (SSSR count). The van der Waals surface area contributed by atoms with E-state index in [0.29, 0.717) is 11.3 Å². The molecule has 20 heavy (non-hydrogen) atoms. The molecule has 1 aliphatic carbocycles.